The highest BCUT2D eigenvalue weighted by Gasteiger charge is 1.99. The van der Waals surface area contributed by atoms with Gasteiger partial charge >= 0.3 is 5.97 Å². The summed E-state index contributed by atoms with van der Waals surface area (Å²) in [5.41, 5.74) is 0. The molecule has 0 saturated heterocycles. The molecule has 0 amide bonds. The van der Waals surface area contributed by atoms with E-state index >= 15 is 0 Å². The largest absolute Gasteiger partial charge is 0.465 e. The Hall–Kier alpha value is -0.790. The molecule has 0 spiro atoms. The second kappa shape index (κ2) is 18.3. The molecule has 130 valence electrons. The van der Waals surface area contributed by atoms with Crippen LogP contribution in [0.25, 0.3) is 0 Å². The Morgan fingerprint density at radius 3 is 1.86 bits per heavy atom. The maximum absolute atomic E-state index is 11.5. The van der Waals surface area contributed by atoms with Gasteiger partial charge in [0.05, 0.1) is 13.0 Å². The molecule has 0 N–H and O–H groups in total. The van der Waals surface area contributed by atoms with Crippen molar-refractivity contribution in [2.45, 2.75) is 104 Å². The van der Waals surface area contributed by atoms with Gasteiger partial charge in [-0.15, -0.1) is 0 Å². The quantitative estimate of drug-likeness (QED) is 0.183. The third-order valence-corrected chi connectivity index (χ3v) is 3.94. The lowest BCUT2D eigenvalue weighted by atomic mass is 10.1. The van der Waals surface area contributed by atoms with Crippen LogP contribution in [0.5, 0.6) is 0 Å². The van der Waals surface area contributed by atoms with Crippen molar-refractivity contribution in [2.24, 2.45) is 0 Å². The van der Waals surface area contributed by atoms with Gasteiger partial charge in [0.25, 0.3) is 0 Å². The normalized spacial score (nSPS) is 11.2. The molecule has 0 atom stereocenters. The lowest BCUT2D eigenvalue weighted by molar-refractivity contribution is -0.142. The highest BCUT2D eigenvalue weighted by molar-refractivity contribution is 5.71. The molecule has 0 aromatic carbocycles. The van der Waals surface area contributed by atoms with Crippen LogP contribution in [0.2, 0.25) is 0 Å². The zero-order valence-corrected chi connectivity index (χ0v) is 15.1. The fourth-order valence-corrected chi connectivity index (χ4v) is 2.45. The predicted octanol–water partition coefficient (Wildman–Crippen LogP) is 6.59. The molecule has 0 saturated carbocycles. The Morgan fingerprint density at radius 2 is 1.27 bits per heavy atom. The number of ether oxygens (including phenoxy) is 1. The van der Waals surface area contributed by atoms with E-state index in [1.54, 1.807) is 0 Å². The number of carbonyl (C=O) groups is 1. The van der Waals surface area contributed by atoms with Crippen LogP contribution in [0.1, 0.15) is 104 Å². The van der Waals surface area contributed by atoms with E-state index in [0.717, 1.165) is 12.8 Å². The van der Waals surface area contributed by atoms with E-state index in [1.807, 2.05) is 6.08 Å². The minimum absolute atomic E-state index is 0.0799. The molecule has 2 heteroatoms. The van der Waals surface area contributed by atoms with Crippen molar-refractivity contribution in [3.63, 3.8) is 0 Å². The van der Waals surface area contributed by atoms with Gasteiger partial charge in [-0.3, -0.25) is 4.79 Å². The van der Waals surface area contributed by atoms with Crippen molar-refractivity contribution in [1.82, 2.24) is 0 Å². The SMILES string of the molecule is CCCC/C=C/CC(=O)OCCCCCCCCCCCC. The maximum atomic E-state index is 11.5. The number of esters is 1. The second-order valence-corrected chi connectivity index (χ2v) is 6.22. The standard InChI is InChI=1S/C20H38O2/c1-3-5-7-9-10-11-12-13-15-17-19-22-20(21)18-16-14-8-6-4-2/h14,16H,3-13,15,17-19H2,1-2H3/b16-14+. The third kappa shape index (κ3) is 17.3. The van der Waals surface area contributed by atoms with Crippen LogP contribution in [0.4, 0.5) is 0 Å². The first kappa shape index (κ1) is 21.2. The van der Waals surface area contributed by atoms with E-state index < -0.39 is 0 Å². The minimum atomic E-state index is -0.0799. The predicted molar refractivity (Wildman–Crippen MR) is 96.1 cm³/mol. The summed E-state index contributed by atoms with van der Waals surface area (Å²) in [6.45, 7) is 5.03. The lowest BCUT2D eigenvalue weighted by Crippen LogP contribution is -2.04. The zero-order valence-electron chi connectivity index (χ0n) is 15.1. The fraction of sp³-hybridized carbons (Fsp3) is 0.850. The van der Waals surface area contributed by atoms with Crippen molar-refractivity contribution >= 4 is 5.97 Å². The molecule has 0 aliphatic carbocycles. The average Bonchev–Trinajstić information content (AvgIpc) is 2.52. The highest BCUT2D eigenvalue weighted by Crippen LogP contribution is 2.10. The Labute approximate surface area is 138 Å². The van der Waals surface area contributed by atoms with Crippen LogP contribution in [0.3, 0.4) is 0 Å². The van der Waals surface area contributed by atoms with Crippen LogP contribution in [0.15, 0.2) is 12.2 Å². The molecular weight excluding hydrogens is 272 g/mol. The summed E-state index contributed by atoms with van der Waals surface area (Å²) >= 11 is 0. The summed E-state index contributed by atoms with van der Waals surface area (Å²) in [5.74, 6) is -0.0799. The Balaban J connectivity index is 3.18. The minimum Gasteiger partial charge on any atom is -0.465 e. The summed E-state index contributed by atoms with van der Waals surface area (Å²) in [6, 6.07) is 0. The first-order valence-corrected chi connectivity index (χ1v) is 9.61. The van der Waals surface area contributed by atoms with Crippen molar-refractivity contribution in [2.75, 3.05) is 6.61 Å². The third-order valence-electron chi connectivity index (χ3n) is 3.94. The summed E-state index contributed by atoms with van der Waals surface area (Å²) in [4.78, 5) is 11.5. The van der Waals surface area contributed by atoms with Gasteiger partial charge in [-0.25, -0.2) is 0 Å². The monoisotopic (exact) mass is 310 g/mol. The Morgan fingerprint density at radius 1 is 0.727 bits per heavy atom. The number of rotatable bonds is 16. The summed E-state index contributed by atoms with van der Waals surface area (Å²) in [6.07, 6.45) is 21.0. The molecule has 0 fully saturated rings. The molecule has 0 heterocycles. The fourth-order valence-electron chi connectivity index (χ4n) is 2.45. The Bertz CT molecular complexity index is 258. The van der Waals surface area contributed by atoms with Gasteiger partial charge in [-0.05, 0) is 12.8 Å². The molecule has 2 nitrogen and oxygen atoms in total. The van der Waals surface area contributed by atoms with Crippen LogP contribution >= 0.6 is 0 Å². The number of carbonyl (C=O) groups excluding carboxylic acids is 1. The van der Waals surface area contributed by atoms with Crippen LogP contribution in [-0.2, 0) is 9.53 Å². The number of unbranched alkanes of at least 4 members (excludes halogenated alkanes) is 11. The topological polar surface area (TPSA) is 26.3 Å². The summed E-state index contributed by atoms with van der Waals surface area (Å²) < 4.78 is 5.23. The van der Waals surface area contributed by atoms with Crippen molar-refractivity contribution < 1.29 is 9.53 Å². The molecule has 22 heavy (non-hydrogen) atoms. The van der Waals surface area contributed by atoms with Crippen LogP contribution in [-0.4, -0.2) is 12.6 Å². The van der Waals surface area contributed by atoms with Gasteiger partial charge in [0, 0.05) is 0 Å². The molecule has 0 radical (unpaired) electrons. The average molecular weight is 311 g/mol. The van der Waals surface area contributed by atoms with Gasteiger partial charge < -0.3 is 4.74 Å². The van der Waals surface area contributed by atoms with Crippen LogP contribution in [0, 0.1) is 0 Å². The summed E-state index contributed by atoms with van der Waals surface area (Å²) in [5, 5.41) is 0. The van der Waals surface area contributed by atoms with Gasteiger partial charge in [-0.1, -0.05) is 96.6 Å². The van der Waals surface area contributed by atoms with E-state index in [-0.39, 0.29) is 5.97 Å². The molecule has 0 unspecified atom stereocenters. The number of hydrogen-bond acceptors (Lipinski definition) is 2. The number of hydrogen-bond donors (Lipinski definition) is 0. The Kier molecular flexibility index (Phi) is 17.6. The second-order valence-electron chi connectivity index (χ2n) is 6.22. The van der Waals surface area contributed by atoms with Gasteiger partial charge in [0.2, 0.25) is 0 Å². The molecule has 0 bridgehead atoms. The molecule has 0 aliphatic rings. The van der Waals surface area contributed by atoms with E-state index in [4.69, 9.17) is 4.74 Å². The van der Waals surface area contributed by atoms with E-state index in [9.17, 15) is 4.79 Å². The molecule has 0 aromatic heterocycles. The molecule has 0 rings (SSSR count). The van der Waals surface area contributed by atoms with Crippen molar-refractivity contribution in [3.05, 3.63) is 12.2 Å². The lowest BCUT2D eigenvalue weighted by Gasteiger charge is -2.04. The molecule has 0 aliphatic heterocycles. The smallest absolute Gasteiger partial charge is 0.309 e. The van der Waals surface area contributed by atoms with E-state index in [0.29, 0.717) is 13.0 Å². The van der Waals surface area contributed by atoms with Gasteiger partial charge in [0.15, 0.2) is 0 Å². The van der Waals surface area contributed by atoms with Crippen molar-refractivity contribution in [1.29, 1.82) is 0 Å². The van der Waals surface area contributed by atoms with Gasteiger partial charge in [0.1, 0.15) is 0 Å². The summed E-state index contributed by atoms with van der Waals surface area (Å²) in [7, 11) is 0. The first-order valence-electron chi connectivity index (χ1n) is 9.61. The molecule has 0 aromatic rings. The molecular formula is C20H38O2. The number of allylic oxidation sites excluding steroid dienone is 1. The van der Waals surface area contributed by atoms with Crippen molar-refractivity contribution in [3.8, 4) is 0 Å². The first-order chi connectivity index (χ1) is 10.8. The van der Waals surface area contributed by atoms with E-state index in [2.05, 4.69) is 19.9 Å². The van der Waals surface area contributed by atoms with Gasteiger partial charge in [-0.2, -0.15) is 0 Å². The maximum Gasteiger partial charge on any atom is 0.309 e. The van der Waals surface area contributed by atoms with E-state index in [1.165, 1.54) is 70.6 Å². The zero-order chi connectivity index (χ0) is 16.3. The van der Waals surface area contributed by atoms with Crippen LogP contribution < -0.4 is 0 Å². The highest BCUT2D eigenvalue weighted by atomic mass is 16.5.